The van der Waals surface area contributed by atoms with Crippen molar-refractivity contribution in [3.05, 3.63) is 53.0 Å². The Hall–Kier alpha value is -2.32. The minimum Gasteiger partial charge on any atom is -0.296 e. The summed E-state index contributed by atoms with van der Waals surface area (Å²) in [6, 6.07) is 10.1. The Morgan fingerprint density at radius 3 is 2.63 bits per heavy atom. The van der Waals surface area contributed by atoms with Crippen LogP contribution in [-0.4, -0.2) is 54.0 Å². The van der Waals surface area contributed by atoms with Crippen molar-refractivity contribution >= 4 is 21.7 Å². The molecular formula is C22H28N4O3S. The highest BCUT2D eigenvalue weighted by Gasteiger charge is 2.34. The lowest BCUT2D eigenvalue weighted by Gasteiger charge is -2.30. The fourth-order valence-electron chi connectivity index (χ4n) is 4.28. The van der Waals surface area contributed by atoms with Crippen LogP contribution in [0.3, 0.4) is 0 Å². The number of hydrogen-bond acceptors (Lipinski definition) is 5. The smallest absolute Gasteiger partial charge is 0.228 e. The first kappa shape index (κ1) is 20.9. The second-order valence-corrected chi connectivity index (χ2v) is 10.3. The van der Waals surface area contributed by atoms with E-state index < -0.39 is 10.0 Å². The first-order valence-corrected chi connectivity index (χ1v) is 12.2. The molecule has 7 nitrogen and oxygen atoms in total. The molecule has 0 bridgehead atoms. The molecule has 1 unspecified atom stereocenters. The molecule has 1 aromatic heterocycles. The maximum Gasteiger partial charge on any atom is 0.228 e. The van der Waals surface area contributed by atoms with Gasteiger partial charge in [-0.2, -0.15) is 0 Å². The predicted molar refractivity (Wildman–Crippen MR) is 116 cm³/mol. The van der Waals surface area contributed by atoms with E-state index in [4.69, 9.17) is 9.97 Å². The summed E-state index contributed by atoms with van der Waals surface area (Å²) in [5.74, 6) is 1.51. The van der Waals surface area contributed by atoms with Gasteiger partial charge in [-0.05, 0) is 38.7 Å². The molecule has 160 valence electrons. The standard InChI is InChI=1S/C22H28N4O3S/c1-3-30(28,29)25-13-12-18(15-25)21-23-16(2)19-9-10-20(27)26(22(19)24-21)14-11-17-7-5-4-6-8-17/h4-8,18H,3,9-15H2,1-2H3. The largest absolute Gasteiger partial charge is 0.296 e. The second kappa shape index (κ2) is 8.43. The Labute approximate surface area is 178 Å². The fourth-order valence-corrected chi connectivity index (χ4v) is 5.43. The van der Waals surface area contributed by atoms with Crippen LogP contribution >= 0.6 is 0 Å². The average Bonchev–Trinajstić information content (AvgIpc) is 3.25. The number of fused-ring (bicyclic) bond motifs is 1. The van der Waals surface area contributed by atoms with Gasteiger partial charge in [0, 0.05) is 43.2 Å². The molecule has 3 heterocycles. The van der Waals surface area contributed by atoms with Gasteiger partial charge in [-0.15, -0.1) is 0 Å². The highest BCUT2D eigenvalue weighted by molar-refractivity contribution is 7.89. The zero-order valence-electron chi connectivity index (χ0n) is 17.5. The highest BCUT2D eigenvalue weighted by Crippen LogP contribution is 2.33. The number of carbonyl (C=O) groups excluding carboxylic acids is 1. The average molecular weight is 429 g/mol. The summed E-state index contributed by atoms with van der Waals surface area (Å²) in [5.41, 5.74) is 3.10. The van der Waals surface area contributed by atoms with Crippen LogP contribution in [0.1, 0.15) is 48.3 Å². The maximum atomic E-state index is 12.7. The molecular weight excluding hydrogens is 400 g/mol. The number of rotatable bonds is 6. The third kappa shape index (κ3) is 4.11. The first-order valence-electron chi connectivity index (χ1n) is 10.6. The summed E-state index contributed by atoms with van der Waals surface area (Å²) in [7, 11) is -3.21. The van der Waals surface area contributed by atoms with Crippen LogP contribution in [-0.2, 0) is 27.7 Å². The highest BCUT2D eigenvalue weighted by atomic mass is 32.2. The van der Waals surface area contributed by atoms with Gasteiger partial charge in [-0.1, -0.05) is 30.3 Å². The van der Waals surface area contributed by atoms with Crippen molar-refractivity contribution in [3.63, 3.8) is 0 Å². The van der Waals surface area contributed by atoms with Crippen LogP contribution in [0.4, 0.5) is 5.82 Å². The van der Waals surface area contributed by atoms with Gasteiger partial charge < -0.3 is 0 Å². The van der Waals surface area contributed by atoms with E-state index in [1.165, 1.54) is 9.87 Å². The first-order chi connectivity index (χ1) is 14.4. The van der Waals surface area contributed by atoms with E-state index >= 15 is 0 Å². The Morgan fingerprint density at radius 1 is 1.13 bits per heavy atom. The molecule has 0 aliphatic carbocycles. The molecule has 1 aromatic carbocycles. The van der Waals surface area contributed by atoms with Gasteiger partial charge in [0.25, 0.3) is 0 Å². The van der Waals surface area contributed by atoms with Crippen LogP contribution < -0.4 is 4.90 Å². The maximum absolute atomic E-state index is 12.7. The Bertz CT molecular complexity index is 1040. The number of anilines is 1. The molecule has 2 aliphatic rings. The lowest BCUT2D eigenvalue weighted by Crippen LogP contribution is -2.38. The van der Waals surface area contributed by atoms with Crippen molar-refractivity contribution in [2.45, 2.75) is 45.4 Å². The predicted octanol–water partition coefficient (Wildman–Crippen LogP) is 2.45. The number of amides is 1. The van der Waals surface area contributed by atoms with Crippen LogP contribution in [0.25, 0.3) is 0 Å². The van der Waals surface area contributed by atoms with Crippen molar-refractivity contribution in [1.29, 1.82) is 0 Å². The van der Waals surface area contributed by atoms with Gasteiger partial charge in [0.2, 0.25) is 15.9 Å². The summed E-state index contributed by atoms with van der Waals surface area (Å²) in [5, 5.41) is 0. The topological polar surface area (TPSA) is 83.5 Å². The number of nitrogens with zero attached hydrogens (tertiary/aromatic N) is 4. The van der Waals surface area contributed by atoms with E-state index in [0.29, 0.717) is 50.5 Å². The molecule has 0 radical (unpaired) electrons. The molecule has 0 saturated carbocycles. The minimum atomic E-state index is -3.21. The summed E-state index contributed by atoms with van der Waals surface area (Å²) >= 11 is 0. The van der Waals surface area contributed by atoms with Crippen molar-refractivity contribution in [3.8, 4) is 0 Å². The Kier molecular flexibility index (Phi) is 5.88. The monoisotopic (exact) mass is 428 g/mol. The number of carbonyl (C=O) groups is 1. The van der Waals surface area contributed by atoms with Gasteiger partial charge in [0.05, 0.1) is 5.75 Å². The van der Waals surface area contributed by atoms with Crippen LogP contribution in [0.2, 0.25) is 0 Å². The summed E-state index contributed by atoms with van der Waals surface area (Å²) in [4.78, 5) is 24.0. The molecule has 0 N–H and O–H groups in total. The molecule has 1 fully saturated rings. The summed E-state index contributed by atoms with van der Waals surface area (Å²) in [6.45, 7) is 5.11. The van der Waals surface area contributed by atoms with E-state index in [-0.39, 0.29) is 17.6 Å². The zero-order chi connectivity index (χ0) is 21.3. The third-order valence-electron chi connectivity index (χ3n) is 6.10. The van der Waals surface area contributed by atoms with E-state index in [9.17, 15) is 13.2 Å². The normalized spacial score (nSPS) is 19.9. The number of sulfonamides is 1. The van der Waals surface area contributed by atoms with Crippen molar-refractivity contribution in [2.24, 2.45) is 0 Å². The van der Waals surface area contributed by atoms with Gasteiger partial charge in [-0.25, -0.2) is 22.7 Å². The van der Waals surface area contributed by atoms with E-state index in [0.717, 1.165) is 17.7 Å². The molecule has 8 heteroatoms. The molecule has 1 atom stereocenters. The second-order valence-electron chi connectivity index (χ2n) is 7.99. The lowest BCUT2D eigenvalue weighted by molar-refractivity contribution is -0.118. The molecule has 1 saturated heterocycles. The molecule has 2 aromatic rings. The van der Waals surface area contributed by atoms with Crippen molar-refractivity contribution < 1.29 is 13.2 Å². The fraction of sp³-hybridized carbons (Fsp3) is 0.500. The van der Waals surface area contributed by atoms with Gasteiger partial charge >= 0.3 is 0 Å². The van der Waals surface area contributed by atoms with Crippen LogP contribution in [0.5, 0.6) is 0 Å². The van der Waals surface area contributed by atoms with E-state index in [1.807, 2.05) is 25.1 Å². The van der Waals surface area contributed by atoms with E-state index in [2.05, 4.69) is 12.1 Å². The summed E-state index contributed by atoms with van der Waals surface area (Å²) < 4.78 is 26.0. The number of benzene rings is 1. The van der Waals surface area contributed by atoms with Crippen molar-refractivity contribution in [2.75, 3.05) is 30.3 Å². The van der Waals surface area contributed by atoms with E-state index in [1.54, 1.807) is 11.8 Å². The SMILES string of the molecule is CCS(=O)(=O)N1CCC(c2nc(C)c3c(n2)N(CCc2ccccc2)C(=O)CC3)C1. The van der Waals surface area contributed by atoms with Gasteiger partial charge in [0.1, 0.15) is 11.6 Å². The van der Waals surface area contributed by atoms with Gasteiger partial charge in [0.15, 0.2) is 0 Å². The van der Waals surface area contributed by atoms with Crippen molar-refractivity contribution in [1.82, 2.24) is 14.3 Å². The Balaban J connectivity index is 1.60. The van der Waals surface area contributed by atoms with Crippen LogP contribution in [0, 0.1) is 6.92 Å². The third-order valence-corrected chi connectivity index (χ3v) is 7.94. The molecule has 0 spiro atoms. The Morgan fingerprint density at radius 2 is 1.90 bits per heavy atom. The van der Waals surface area contributed by atoms with Gasteiger partial charge in [-0.3, -0.25) is 9.69 Å². The number of hydrogen-bond donors (Lipinski definition) is 0. The molecule has 4 rings (SSSR count). The zero-order valence-corrected chi connectivity index (χ0v) is 18.4. The number of aryl methyl sites for hydroxylation is 1. The summed E-state index contributed by atoms with van der Waals surface area (Å²) in [6.07, 6.45) is 2.59. The van der Waals surface area contributed by atoms with Crippen LogP contribution in [0.15, 0.2) is 30.3 Å². The minimum absolute atomic E-state index is 0.0386. The number of aromatic nitrogens is 2. The molecule has 30 heavy (non-hydrogen) atoms. The molecule has 2 aliphatic heterocycles. The molecule has 1 amide bonds. The quantitative estimate of drug-likeness (QED) is 0.706. The lowest BCUT2D eigenvalue weighted by atomic mass is 10.0.